The van der Waals surface area contributed by atoms with Crippen molar-refractivity contribution in [3.63, 3.8) is 0 Å². The molecule has 17 heavy (non-hydrogen) atoms. The van der Waals surface area contributed by atoms with Crippen molar-refractivity contribution in [2.75, 3.05) is 14.1 Å². The van der Waals surface area contributed by atoms with E-state index in [2.05, 4.69) is 4.98 Å². The first kappa shape index (κ1) is 11.8. The van der Waals surface area contributed by atoms with Crippen LogP contribution in [0.25, 0.3) is 10.9 Å². The van der Waals surface area contributed by atoms with Crippen molar-refractivity contribution < 1.29 is 4.74 Å². The molecule has 3 nitrogen and oxygen atoms in total. The van der Waals surface area contributed by atoms with E-state index in [1.54, 1.807) is 4.90 Å². The van der Waals surface area contributed by atoms with Crippen molar-refractivity contribution in [2.45, 2.75) is 6.92 Å². The van der Waals surface area contributed by atoms with E-state index in [0.29, 0.717) is 10.9 Å². The van der Waals surface area contributed by atoms with Gasteiger partial charge in [-0.1, -0.05) is 6.07 Å². The topological polar surface area (TPSA) is 25.4 Å². The van der Waals surface area contributed by atoms with Gasteiger partial charge < -0.3 is 9.64 Å². The molecule has 0 unspecified atom stereocenters. The van der Waals surface area contributed by atoms with E-state index in [4.69, 9.17) is 17.0 Å². The van der Waals surface area contributed by atoms with Gasteiger partial charge in [0.2, 0.25) is 0 Å². The Bertz CT molecular complexity index is 566. The van der Waals surface area contributed by atoms with E-state index >= 15 is 0 Å². The smallest absolute Gasteiger partial charge is 0.264 e. The van der Waals surface area contributed by atoms with Crippen molar-refractivity contribution in [3.8, 4) is 5.75 Å². The number of rotatable bonds is 1. The Labute approximate surface area is 106 Å². The normalized spacial score (nSPS) is 10.3. The molecule has 1 aromatic heterocycles. The van der Waals surface area contributed by atoms with Gasteiger partial charge in [0.15, 0.2) is 0 Å². The van der Waals surface area contributed by atoms with Crippen molar-refractivity contribution in [1.29, 1.82) is 0 Å². The number of fused-ring (bicyclic) bond motifs is 1. The third-order valence-electron chi connectivity index (χ3n) is 2.37. The van der Waals surface area contributed by atoms with Gasteiger partial charge in [0, 0.05) is 31.2 Å². The van der Waals surface area contributed by atoms with Crippen LogP contribution in [0.5, 0.6) is 5.75 Å². The monoisotopic (exact) mass is 246 g/mol. The van der Waals surface area contributed by atoms with Crippen LogP contribution < -0.4 is 4.74 Å². The minimum Gasteiger partial charge on any atom is -0.432 e. The van der Waals surface area contributed by atoms with E-state index in [1.165, 1.54) is 0 Å². The van der Waals surface area contributed by atoms with Gasteiger partial charge in [0.05, 0.1) is 5.52 Å². The summed E-state index contributed by atoms with van der Waals surface area (Å²) in [6.07, 6.45) is 0. The Morgan fingerprint density at radius 2 is 1.94 bits per heavy atom. The van der Waals surface area contributed by atoms with Gasteiger partial charge in [-0.2, -0.15) is 0 Å². The molecule has 0 atom stereocenters. The lowest BCUT2D eigenvalue weighted by molar-refractivity contribution is 0.450. The fraction of sp³-hybridized carbons (Fsp3) is 0.231. The maximum absolute atomic E-state index is 5.54. The number of aryl methyl sites for hydroxylation is 1. The fourth-order valence-corrected chi connectivity index (χ4v) is 1.55. The third-order valence-corrected chi connectivity index (χ3v) is 2.82. The predicted octanol–water partition coefficient (Wildman–Crippen LogP) is 2.77. The molecule has 0 saturated carbocycles. The van der Waals surface area contributed by atoms with Gasteiger partial charge >= 0.3 is 0 Å². The highest BCUT2D eigenvalue weighted by molar-refractivity contribution is 7.80. The molecule has 0 saturated heterocycles. The standard InChI is InChI=1S/C13H14N2OS/c1-9-4-5-10-6-7-11(8-12(10)14-9)16-13(17)15(2)3/h4-8H,1-3H3. The van der Waals surface area contributed by atoms with Crippen molar-refractivity contribution in [3.05, 3.63) is 36.0 Å². The van der Waals surface area contributed by atoms with E-state index in [0.717, 1.165) is 16.6 Å². The summed E-state index contributed by atoms with van der Waals surface area (Å²) in [7, 11) is 3.71. The molecule has 0 spiro atoms. The number of ether oxygens (including phenoxy) is 1. The highest BCUT2D eigenvalue weighted by Gasteiger charge is 2.04. The van der Waals surface area contributed by atoms with E-state index in [9.17, 15) is 0 Å². The molecule has 0 fully saturated rings. The highest BCUT2D eigenvalue weighted by Crippen LogP contribution is 2.20. The molecule has 2 rings (SSSR count). The molecule has 88 valence electrons. The molecule has 0 aliphatic rings. The first-order valence-electron chi connectivity index (χ1n) is 5.33. The zero-order valence-corrected chi connectivity index (χ0v) is 10.9. The molecule has 0 radical (unpaired) electrons. The molecule has 0 aliphatic heterocycles. The lowest BCUT2D eigenvalue weighted by Crippen LogP contribution is -2.24. The van der Waals surface area contributed by atoms with Crippen LogP contribution >= 0.6 is 12.2 Å². The summed E-state index contributed by atoms with van der Waals surface area (Å²) in [4.78, 5) is 6.20. The van der Waals surface area contributed by atoms with Gasteiger partial charge in [-0.15, -0.1) is 0 Å². The average Bonchev–Trinajstić information content (AvgIpc) is 2.28. The molecule has 0 N–H and O–H groups in total. The summed E-state index contributed by atoms with van der Waals surface area (Å²) in [5.74, 6) is 0.717. The first-order valence-corrected chi connectivity index (χ1v) is 5.73. The summed E-state index contributed by atoms with van der Waals surface area (Å²) in [6, 6.07) is 9.82. The quantitative estimate of drug-likeness (QED) is 0.722. The number of benzene rings is 1. The van der Waals surface area contributed by atoms with Crippen LogP contribution in [-0.4, -0.2) is 29.2 Å². The zero-order chi connectivity index (χ0) is 12.4. The minimum absolute atomic E-state index is 0.442. The largest absolute Gasteiger partial charge is 0.432 e. The SMILES string of the molecule is Cc1ccc2ccc(OC(=S)N(C)C)cc2n1. The Hall–Kier alpha value is -1.68. The first-order chi connectivity index (χ1) is 8.06. The molecule has 1 heterocycles. The number of aromatic nitrogens is 1. The van der Waals surface area contributed by atoms with Crippen LogP contribution in [0.4, 0.5) is 0 Å². The Kier molecular flexibility index (Phi) is 3.24. The lowest BCUT2D eigenvalue weighted by atomic mass is 10.2. The number of hydrogen-bond acceptors (Lipinski definition) is 3. The summed E-state index contributed by atoms with van der Waals surface area (Å²) in [5, 5.41) is 1.54. The van der Waals surface area contributed by atoms with Gasteiger partial charge in [-0.05, 0) is 37.3 Å². The number of pyridine rings is 1. The summed E-state index contributed by atoms with van der Waals surface area (Å²) >= 11 is 5.09. The second-order valence-electron chi connectivity index (χ2n) is 4.07. The number of hydrogen-bond donors (Lipinski definition) is 0. The maximum Gasteiger partial charge on any atom is 0.264 e. The predicted molar refractivity (Wildman–Crippen MR) is 73.4 cm³/mol. The molecular weight excluding hydrogens is 232 g/mol. The second-order valence-corrected chi connectivity index (χ2v) is 4.42. The molecule has 4 heteroatoms. The van der Waals surface area contributed by atoms with Crippen LogP contribution in [0.2, 0.25) is 0 Å². The summed E-state index contributed by atoms with van der Waals surface area (Å²) in [5.41, 5.74) is 1.91. The molecular formula is C13H14N2OS. The molecule has 2 aromatic rings. The molecule has 0 bridgehead atoms. The fourth-order valence-electron chi connectivity index (χ4n) is 1.45. The van der Waals surface area contributed by atoms with Crippen molar-refractivity contribution in [1.82, 2.24) is 9.88 Å². The maximum atomic E-state index is 5.54. The van der Waals surface area contributed by atoms with Gasteiger partial charge in [0.1, 0.15) is 5.75 Å². The van der Waals surface area contributed by atoms with Crippen LogP contribution in [0.3, 0.4) is 0 Å². The average molecular weight is 246 g/mol. The Morgan fingerprint density at radius 3 is 2.65 bits per heavy atom. The van der Waals surface area contributed by atoms with Gasteiger partial charge in [-0.25, -0.2) is 0 Å². The zero-order valence-electron chi connectivity index (χ0n) is 10.1. The van der Waals surface area contributed by atoms with Crippen LogP contribution in [0.15, 0.2) is 30.3 Å². The molecule has 1 aromatic carbocycles. The van der Waals surface area contributed by atoms with Crippen LogP contribution in [-0.2, 0) is 0 Å². The van der Waals surface area contributed by atoms with Crippen LogP contribution in [0.1, 0.15) is 5.69 Å². The summed E-state index contributed by atoms with van der Waals surface area (Å²) < 4.78 is 5.54. The molecule has 0 aliphatic carbocycles. The minimum atomic E-state index is 0.442. The van der Waals surface area contributed by atoms with Crippen LogP contribution in [0, 0.1) is 6.92 Å². The highest BCUT2D eigenvalue weighted by atomic mass is 32.1. The van der Waals surface area contributed by atoms with E-state index in [-0.39, 0.29) is 0 Å². The second kappa shape index (κ2) is 4.67. The number of nitrogens with zero attached hydrogens (tertiary/aromatic N) is 2. The molecule has 0 amide bonds. The van der Waals surface area contributed by atoms with Gasteiger partial charge in [0.25, 0.3) is 5.17 Å². The third kappa shape index (κ3) is 2.71. The Morgan fingerprint density at radius 1 is 1.24 bits per heavy atom. The van der Waals surface area contributed by atoms with Crippen molar-refractivity contribution in [2.24, 2.45) is 0 Å². The summed E-state index contributed by atoms with van der Waals surface area (Å²) in [6.45, 7) is 1.97. The van der Waals surface area contributed by atoms with E-state index in [1.807, 2.05) is 51.4 Å². The van der Waals surface area contributed by atoms with E-state index < -0.39 is 0 Å². The van der Waals surface area contributed by atoms with Crippen molar-refractivity contribution >= 4 is 28.3 Å². The Balaban J connectivity index is 2.34. The van der Waals surface area contributed by atoms with Gasteiger partial charge in [-0.3, -0.25) is 4.98 Å². The lowest BCUT2D eigenvalue weighted by Gasteiger charge is -2.14. The number of thiocarbonyl (C=S) groups is 1.